The number of benzene rings is 1. The van der Waals surface area contributed by atoms with Gasteiger partial charge in [0.2, 0.25) is 17.7 Å². The lowest BCUT2D eigenvalue weighted by Gasteiger charge is -2.30. The third-order valence-electron chi connectivity index (χ3n) is 5.32. The molecule has 1 aromatic heterocycles. The summed E-state index contributed by atoms with van der Waals surface area (Å²) in [6, 6.07) is 7.55. The van der Waals surface area contributed by atoms with Crippen LogP contribution < -0.4 is 15.4 Å². The maximum Gasteiger partial charge on any atom is 0.227 e. The van der Waals surface area contributed by atoms with Gasteiger partial charge < -0.3 is 19.9 Å². The van der Waals surface area contributed by atoms with Crippen molar-refractivity contribution >= 4 is 27.7 Å². The first-order valence-corrected chi connectivity index (χ1v) is 11.5. The molecule has 1 heterocycles. The van der Waals surface area contributed by atoms with Gasteiger partial charge in [-0.1, -0.05) is 52.8 Å². The molecular formula is C22H29BrN4O4. The SMILES string of the molecule is CC(=O)NC1(c2noc(CCC(=O)NCCOc3cccc(Br)c3)n2)CCCCCC1. The summed E-state index contributed by atoms with van der Waals surface area (Å²) in [5, 5.41) is 10.0. The number of nitrogens with one attached hydrogen (secondary N) is 2. The molecule has 0 aliphatic heterocycles. The minimum Gasteiger partial charge on any atom is -0.492 e. The molecule has 0 bridgehead atoms. The molecule has 8 nitrogen and oxygen atoms in total. The van der Waals surface area contributed by atoms with Crippen molar-refractivity contribution < 1.29 is 18.8 Å². The molecule has 3 rings (SSSR count). The second-order valence-corrected chi connectivity index (χ2v) is 8.76. The molecule has 0 atom stereocenters. The van der Waals surface area contributed by atoms with Gasteiger partial charge >= 0.3 is 0 Å². The summed E-state index contributed by atoms with van der Waals surface area (Å²) in [6.45, 7) is 2.30. The summed E-state index contributed by atoms with van der Waals surface area (Å²) in [7, 11) is 0. The zero-order chi connectivity index (χ0) is 22.1. The van der Waals surface area contributed by atoms with Crippen molar-refractivity contribution in [3.8, 4) is 5.75 Å². The number of aryl methyl sites for hydroxylation is 1. The van der Waals surface area contributed by atoms with Gasteiger partial charge in [-0.2, -0.15) is 4.98 Å². The molecule has 1 saturated carbocycles. The minimum atomic E-state index is -0.573. The number of aromatic nitrogens is 2. The Morgan fingerprint density at radius 1 is 1.23 bits per heavy atom. The highest BCUT2D eigenvalue weighted by molar-refractivity contribution is 9.10. The van der Waals surface area contributed by atoms with Crippen LogP contribution in [0.2, 0.25) is 0 Å². The summed E-state index contributed by atoms with van der Waals surface area (Å²) in [5.41, 5.74) is -0.573. The molecule has 1 fully saturated rings. The van der Waals surface area contributed by atoms with Crippen LogP contribution >= 0.6 is 15.9 Å². The van der Waals surface area contributed by atoms with Crippen LogP contribution in [0.5, 0.6) is 5.75 Å². The summed E-state index contributed by atoms with van der Waals surface area (Å²) in [6.07, 6.45) is 6.47. The number of amides is 2. The number of carbonyl (C=O) groups is 2. The quantitative estimate of drug-likeness (QED) is 0.408. The average Bonchev–Trinajstić information content (AvgIpc) is 3.10. The lowest BCUT2D eigenvalue weighted by molar-refractivity contribution is -0.122. The number of ether oxygens (including phenoxy) is 1. The van der Waals surface area contributed by atoms with E-state index in [9.17, 15) is 9.59 Å². The fraction of sp³-hybridized carbons (Fsp3) is 0.545. The Balaban J connectivity index is 1.46. The summed E-state index contributed by atoms with van der Waals surface area (Å²) in [5.74, 6) is 1.46. The molecule has 1 aromatic carbocycles. The van der Waals surface area contributed by atoms with Gasteiger partial charge in [-0.3, -0.25) is 9.59 Å². The Morgan fingerprint density at radius 3 is 2.71 bits per heavy atom. The third-order valence-corrected chi connectivity index (χ3v) is 5.82. The minimum absolute atomic E-state index is 0.0993. The van der Waals surface area contributed by atoms with Crippen molar-refractivity contribution in [2.24, 2.45) is 0 Å². The van der Waals surface area contributed by atoms with E-state index < -0.39 is 5.54 Å². The fourth-order valence-electron chi connectivity index (χ4n) is 3.85. The Bertz CT molecular complexity index is 878. The zero-order valence-electron chi connectivity index (χ0n) is 17.8. The van der Waals surface area contributed by atoms with Gasteiger partial charge in [0.1, 0.15) is 17.9 Å². The number of hydrogen-bond acceptors (Lipinski definition) is 6. The largest absolute Gasteiger partial charge is 0.492 e. The molecular weight excluding hydrogens is 464 g/mol. The van der Waals surface area contributed by atoms with Gasteiger partial charge in [-0.15, -0.1) is 0 Å². The molecule has 31 heavy (non-hydrogen) atoms. The standard InChI is InChI=1S/C22H29BrN4O4/c1-16(28)26-22(11-4-2-3-5-12-22)21-25-20(31-27-21)10-9-19(29)24-13-14-30-18-8-6-7-17(23)15-18/h6-8,15H,2-5,9-14H2,1H3,(H,24,29)(H,26,28). The molecule has 1 aliphatic carbocycles. The molecule has 0 saturated heterocycles. The fourth-order valence-corrected chi connectivity index (χ4v) is 4.23. The maximum absolute atomic E-state index is 12.1. The van der Waals surface area contributed by atoms with E-state index in [2.05, 4.69) is 36.7 Å². The van der Waals surface area contributed by atoms with Gasteiger partial charge in [-0.25, -0.2) is 0 Å². The molecule has 0 unspecified atom stereocenters. The van der Waals surface area contributed by atoms with Crippen molar-refractivity contribution in [1.82, 2.24) is 20.8 Å². The Morgan fingerprint density at radius 2 is 2.00 bits per heavy atom. The van der Waals surface area contributed by atoms with Crippen LogP contribution in [0.1, 0.15) is 63.6 Å². The van der Waals surface area contributed by atoms with E-state index >= 15 is 0 Å². The number of rotatable bonds is 9. The average molecular weight is 493 g/mol. The van der Waals surface area contributed by atoms with E-state index in [1.165, 1.54) is 6.92 Å². The van der Waals surface area contributed by atoms with Gasteiger partial charge in [0.05, 0.1) is 6.54 Å². The van der Waals surface area contributed by atoms with Gasteiger partial charge in [-0.05, 0) is 31.0 Å². The van der Waals surface area contributed by atoms with Crippen LogP contribution in [0.25, 0.3) is 0 Å². The third kappa shape index (κ3) is 7.05. The monoisotopic (exact) mass is 492 g/mol. The second kappa shape index (κ2) is 11.3. The molecule has 0 radical (unpaired) electrons. The number of hydrogen-bond donors (Lipinski definition) is 2. The highest BCUT2D eigenvalue weighted by Gasteiger charge is 2.38. The molecule has 2 N–H and O–H groups in total. The predicted octanol–water partition coefficient (Wildman–Crippen LogP) is 3.65. The highest BCUT2D eigenvalue weighted by atomic mass is 79.9. The van der Waals surface area contributed by atoms with Gasteiger partial charge in [0.15, 0.2) is 5.82 Å². The molecule has 9 heteroatoms. The summed E-state index contributed by atoms with van der Waals surface area (Å²) < 4.78 is 11.9. The Kier molecular flexibility index (Phi) is 8.45. The molecule has 2 amide bonds. The second-order valence-electron chi connectivity index (χ2n) is 7.85. The molecule has 1 aliphatic rings. The van der Waals surface area contributed by atoms with E-state index in [1.54, 1.807) is 0 Å². The first kappa shape index (κ1) is 23.2. The number of carbonyl (C=O) groups excluding carboxylic acids is 2. The normalized spacial score (nSPS) is 15.7. The maximum atomic E-state index is 12.1. The summed E-state index contributed by atoms with van der Waals surface area (Å²) in [4.78, 5) is 28.4. The van der Waals surface area contributed by atoms with Crippen LogP contribution in [-0.4, -0.2) is 35.1 Å². The van der Waals surface area contributed by atoms with E-state index in [-0.39, 0.29) is 18.2 Å². The highest BCUT2D eigenvalue weighted by Crippen LogP contribution is 2.34. The first-order valence-electron chi connectivity index (χ1n) is 10.7. The van der Waals surface area contributed by atoms with Crippen LogP contribution in [0.4, 0.5) is 0 Å². The van der Waals surface area contributed by atoms with Crippen LogP contribution in [0, 0.1) is 0 Å². The lowest BCUT2D eigenvalue weighted by Crippen LogP contribution is -2.45. The van der Waals surface area contributed by atoms with E-state index in [0.29, 0.717) is 31.3 Å². The lowest BCUT2D eigenvalue weighted by atomic mass is 9.89. The number of halogens is 1. The van der Waals surface area contributed by atoms with Crippen LogP contribution in [0.15, 0.2) is 33.3 Å². The van der Waals surface area contributed by atoms with E-state index in [1.807, 2.05) is 24.3 Å². The first-order chi connectivity index (χ1) is 15.0. The van der Waals surface area contributed by atoms with Crippen molar-refractivity contribution in [2.45, 2.75) is 63.8 Å². The zero-order valence-corrected chi connectivity index (χ0v) is 19.4. The van der Waals surface area contributed by atoms with E-state index in [4.69, 9.17) is 9.26 Å². The molecule has 0 spiro atoms. The topological polar surface area (TPSA) is 106 Å². The van der Waals surface area contributed by atoms with Crippen molar-refractivity contribution in [1.29, 1.82) is 0 Å². The number of nitrogens with zero attached hydrogens (tertiary/aromatic N) is 2. The van der Waals surface area contributed by atoms with Crippen molar-refractivity contribution in [3.63, 3.8) is 0 Å². The Labute approximate surface area is 190 Å². The smallest absolute Gasteiger partial charge is 0.227 e. The van der Waals surface area contributed by atoms with Crippen LogP contribution in [-0.2, 0) is 21.5 Å². The van der Waals surface area contributed by atoms with Crippen molar-refractivity contribution in [2.75, 3.05) is 13.2 Å². The predicted molar refractivity (Wildman–Crippen MR) is 118 cm³/mol. The molecule has 168 valence electrons. The van der Waals surface area contributed by atoms with Gasteiger partial charge in [0.25, 0.3) is 0 Å². The van der Waals surface area contributed by atoms with Gasteiger partial charge in [0, 0.05) is 24.2 Å². The molecule has 2 aromatic rings. The van der Waals surface area contributed by atoms with Crippen molar-refractivity contribution in [3.05, 3.63) is 40.5 Å². The van der Waals surface area contributed by atoms with E-state index in [0.717, 1.165) is 48.7 Å². The Hall–Kier alpha value is -2.42. The van der Waals surface area contributed by atoms with Crippen LogP contribution in [0.3, 0.4) is 0 Å². The summed E-state index contributed by atoms with van der Waals surface area (Å²) >= 11 is 3.39.